The molecule has 0 unspecified atom stereocenters. The summed E-state index contributed by atoms with van der Waals surface area (Å²) in [6.45, 7) is 1.90. The van der Waals surface area contributed by atoms with Gasteiger partial charge >= 0.3 is 0 Å². The lowest BCUT2D eigenvalue weighted by molar-refractivity contribution is -0.129. The number of halogens is 1. The van der Waals surface area contributed by atoms with Gasteiger partial charge in [0.1, 0.15) is 6.04 Å². The minimum Gasteiger partial charge on any atom is -0.350 e. The van der Waals surface area contributed by atoms with Gasteiger partial charge in [-0.2, -0.15) is 0 Å². The SMILES string of the molecule is CC(=O)N[C@@H](C(=O)NCc1ccc(Cl)cc1)C1CCCC1. The van der Waals surface area contributed by atoms with Crippen LogP contribution in [0.15, 0.2) is 24.3 Å². The Labute approximate surface area is 130 Å². The van der Waals surface area contributed by atoms with Crippen molar-refractivity contribution in [1.82, 2.24) is 10.6 Å². The fraction of sp³-hybridized carbons (Fsp3) is 0.500. The van der Waals surface area contributed by atoms with Crippen molar-refractivity contribution >= 4 is 23.4 Å². The molecule has 5 heteroatoms. The Bertz CT molecular complexity index is 496. The number of carbonyl (C=O) groups excluding carboxylic acids is 2. The Morgan fingerprint density at radius 2 is 1.86 bits per heavy atom. The molecule has 0 heterocycles. The minimum atomic E-state index is -0.419. The molecule has 1 aromatic rings. The van der Waals surface area contributed by atoms with Gasteiger partial charge in [-0.1, -0.05) is 36.6 Å². The van der Waals surface area contributed by atoms with E-state index in [2.05, 4.69) is 10.6 Å². The summed E-state index contributed by atoms with van der Waals surface area (Å²) in [6, 6.07) is 6.94. The standard InChI is InChI=1S/C16H21ClN2O2/c1-11(20)19-15(13-4-2-3-5-13)16(21)18-10-12-6-8-14(17)9-7-12/h6-9,13,15H,2-5,10H2,1H3,(H,18,21)(H,19,20)/t15-/m1/s1. The fourth-order valence-corrected chi connectivity index (χ4v) is 2.93. The van der Waals surface area contributed by atoms with E-state index >= 15 is 0 Å². The Kier molecular flexibility index (Phi) is 5.62. The molecule has 1 aliphatic rings. The first-order valence-electron chi connectivity index (χ1n) is 7.35. The molecule has 2 rings (SSSR count). The molecule has 4 nitrogen and oxygen atoms in total. The van der Waals surface area contributed by atoms with Gasteiger partial charge in [0.15, 0.2) is 0 Å². The van der Waals surface area contributed by atoms with Crippen molar-refractivity contribution in [3.05, 3.63) is 34.9 Å². The van der Waals surface area contributed by atoms with E-state index in [1.807, 2.05) is 12.1 Å². The van der Waals surface area contributed by atoms with Gasteiger partial charge in [-0.25, -0.2) is 0 Å². The lowest BCUT2D eigenvalue weighted by Crippen LogP contribution is -2.49. The van der Waals surface area contributed by atoms with Crippen LogP contribution in [0, 0.1) is 5.92 Å². The van der Waals surface area contributed by atoms with Gasteiger partial charge in [0.25, 0.3) is 0 Å². The van der Waals surface area contributed by atoms with E-state index < -0.39 is 6.04 Å². The monoisotopic (exact) mass is 308 g/mol. The van der Waals surface area contributed by atoms with Crippen LogP contribution in [0.25, 0.3) is 0 Å². The van der Waals surface area contributed by atoms with E-state index in [0.717, 1.165) is 31.2 Å². The summed E-state index contributed by atoms with van der Waals surface area (Å²) in [7, 11) is 0. The maximum Gasteiger partial charge on any atom is 0.243 e. The number of benzene rings is 1. The molecule has 1 atom stereocenters. The highest BCUT2D eigenvalue weighted by molar-refractivity contribution is 6.30. The maximum atomic E-state index is 12.4. The zero-order valence-corrected chi connectivity index (χ0v) is 13.0. The highest BCUT2D eigenvalue weighted by atomic mass is 35.5. The zero-order chi connectivity index (χ0) is 15.2. The predicted molar refractivity (Wildman–Crippen MR) is 82.9 cm³/mol. The van der Waals surface area contributed by atoms with E-state index in [1.165, 1.54) is 6.92 Å². The molecule has 114 valence electrons. The second-order valence-corrected chi connectivity index (χ2v) is 6.00. The second kappa shape index (κ2) is 7.46. The van der Waals surface area contributed by atoms with Crippen LogP contribution in [-0.2, 0) is 16.1 Å². The van der Waals surface area contributed by atoms with Gasteiger partial charge in [0, 0.05) is 18.5 Å². The molecule has 0 aromatic heterocycles. The fourth-order valence-electron chi connectivity index (χ4n) is 2.81. The topological polar surface area (TPSA) is 58.2 Å². The molecule has 1 aliphatic carbocycles. The van der Waals surface area contributed by atoms with Gasteiger partial charge in [-0.3, -0.25) is 9.59 Å². The number of nitrogens with one attached hydrogen (secondary N) is 2. The largest absolute Gasteiger partial charge is 0.350 e. The maximum absolute atomic E-state index is 12.4. The normalized spacial score (nSPS) is 16.5. The number of amides is 2. The lowest BCUT2D eigenvalue weighted by Gasteiger charge is -2.23. The van der Waals surface area contributed by atoms with Crippen LogP contribution in [0.2, 0.25) is 5.02 Å². The second-order valence-electron chi connectivity index (χ2n) is 5.57. The molecular weight excluding hydrogens is 288 g/mol. The summed E-state index contributed by atoms with van der Waals surface area (Å²) in [5.74, 6) is -0.0142. The number of hydrogen-bond acceptors (Lipinski definition) is 2. The minimum absolute atomic E-state index is 0.105. The third-order valence-electron chi connectivity index (χ3n) is 3.89. The highest BCUT2D eigenvalue weighted by Gasteiger charge is 2.31. The molecule has 0 aliphatic heterocycles. The molecule has 0 radical (unpaired) electrons. The van der Waals surface area contributed by atoms with E-state index in [4.69, 9.17) is 11.6 Å². The van der Waals surface area contributed by atoms with Crippen LogP contribution in [0.1, 0.15) is 38.2 Å². The van der Waals surface area contributed by atoms with Crippen molar-refractivity contribution in [2.24, 2.45) is 5.92 Å². The molecule has 0 spiro atoms. The highest BCUT2D eigenvalue weighted by Crippen LogP contribution is 2.28. The summed E-state index contributed by atoms with van der Waals surface area (Å²) in [5.41, 5.74) is 0.987. The first-order chi connectivity index (χ1) is 10.1. The molecule has 2 N–H and O–H groups in total. The Morgan fingerprint density at radius 1 is 1.24 bits per heavy atom. The molecule has 1 fully saturated rings. The van der Waals surface area contributed by atoms with Crippen molar-refractivity contribution in [3.8, 4) is 0 Å². The van der Waals surface area contributed by atoms with Crippen LogP contribution < -0.4 is 10.6 Å². The van der Waals surface area contributed by atoms with Crippen molar-refractivity contribution in [2.45, 2.75) is 45.2 Å². The first kappa shape index (κ1) is 15.8. The third kappa shape index (κ3) is 4.74. The average Bonchev–Trinajstić information content (AvgIpc) is 2.97. The van der Waals surface area contributed by atoms with E-state index in [0.29, 0.717) is 11.6 Å². The van der Waals surface area contributed by atoms with Gasteiger partial charge < -0.3 is 10.6 Å². The van der Waals surface area contributed by atoms with Crippen LogP contribution >= 0.6 is 11.6 Å². The first-order valence-corrected chi connectivity index (χ1v) is 7.73. The van der Waals surface area contributed by atoms with Crippen LogP contribution in [0.4, 0.5) is 0 Å². The van der Waals surface area contributed by atoms with Crippen LogP contribution in [0.5, 0.6) is 0 Å². The lowest BCUT2D eigenvalue weighted by atomic mass is 9.97. The van der Waals surface area contributed by atoms with E-state index in [1.54, 1.807) is 12.1 Å². The average molecular weight is 309 g/mol. The molecule has 21 heavy (non-hydrogen) atoms. The van der Waals surface area contributed by atoms with Gasteiger partial charge in [0.2, 0.25) is 11.8 Å². The van der Waals surface area contributed by atoms with Crippen LogP contribution in [-0.4, -0.2) is 17.9 Å². The molecule has 1 aromatic carbocycles. The predicted octanol–water partition coefficient (Wildman–Crippen LogP) is 2.65. The Balaban J connectivity index is 1.94. The number of rotatable bonds is 5. The van der Waals surface area contributed by atoms with Crippen LogP contribution in [0.3, 0.4) is 0 Å². The molecular formula is C16H21ClN2O2. The van der Waals surface area contributed by atoms with Crippen molar-refractivity contribution < 1.29 is 9.59 Å². The summed E-state index contributed by atoms with van der Waals surface area (Å²) in [6.07, 6.45) is 4.26. The van der Waals surface area contributed by atoms with Gasteiger partial charge in [-0.05, 0) is 36.5 Å². The molecule has 2 amide bonds. The number of hydrogen-bond donors (Lipinski definition) is 2. The Morgan fingerprint density at radius 3 is 2.43 bits per heavy atom. The third-order valence-corrected chi connectivity index (χ3v) is 4.14. The van der Waals surface area contributed by atoms with E-state index in [9.17, 15) is 9.59 Å². The van der Waals surface area contributed by atoms with Gasteiger partial charge in [0.05, 0.1) is 0 Å². The molecule has 1 saturated carbocycles. The Hall–Kier alpha value is -1.55. The summed E-state index contributed by atoms with van der Waals surface area (Å²) >= 11 is 5.83. The molecule has 0 bridgehead atoms. The van der Waals surface area contributed by atoms with Gasteiger partial charge in [-0.15, -0.1) is 0 Å². The summed E-state index contributed by atoms with van der Waals surface area (Å²) < 4.78 is 0. The molecule has 0 saturated heterocycles. The zero-order valence-electron chi connectivity index (χ0n) is 12.2. The quantitative estimate of drug-likeness (QED) is 0.878. The summed E-state index contributed by atoms with van der Waals surface area (Å²) in [4.78, 5) is 23.7. The van der Waals surface area contributed by atoms with Crippen molar-refractivity contribution in [1.29, 1.82) is 0 Å². The van der Waals surface area contributed by atoms with E-state index in [-0.39, 0.29) is 17.7 Å². The smallest absolute Gasteiger partial charge is 0.243 e. The van der Waals surface area contributed by atoms with Crippen molar-refractivity contribution in [3.63, 3.8) is 0 Å². The number of carbonyl (C=O) groups is 2. The summed E-state index contributed by atoms with van der Waals surface area (Å²) in [5, 5.41) is 6.37. The van der Waals surface area contributed by atoms with Crippen molar-refractivity contribution in [2.75, 3.05) is 0 Å².